The number of unbranched alkanes of at least 4 members (excludes halogenated alkanes) is 14. The summed E-state index contributed by atoms with van der Waals surface area (Å²) in [6.07, 6.45) is 20.4. The van der Waals surface area contributed by atoms with Gasteiger partial charge in [-0.05, 0) is 18.9 Å². The summed E-state index contributed by atoms with van der Waals surface area (Å²) >= 11 is 0. The molecule has 0 aromatic carbocycles. The predicted octanol–water partition coefficient (Wildman–Crippen LogP) is 4.87. The van der Waals surface area contributed by atoms with Crippen molar-refractivity contribution in [2.24, 2.45) is 0 Å². The van der Waals surface area contributed by atoms with Crippen molar-refractivity contribution in [1.29, 1.82) is 0 Å². The smallest absolute Gasteiger partial charge is 0.154 e. The van der Waals surface area contributed by atoms with Crippen LogP contribution < -0.4 is 0 Å². The molecule has 0 bridgehead atoms. The molecule has 0 aromatic rings. The van der Waals surface area contributed by atoms with Crippen molar-refractivity contribution >= 4 is 0 Å². The van der Waals surface area contributed by atoms with Gasteiger partial charge in [-0.1, -0.05) is 90.4 Å². The SMILES string of the molecule is CCCCCCCCCCCCCCCC/C=C/O[C@@H]1[C@H]([C@@H](O)CO)OC[C@H]1O. The molecule has 0 unspecified atom stereocenters. The van der Waals surface area contributed by atoms with Crippen LogP contribution in [-0.2, 0) is 9.47 Å². The van der Waals surface area contributed by atoms with E-state index in [2.05, 4.69) is 6.92 Å². The average Bonchev–Trinajstić information content (AvgIpc) is 3.10. The maximum atomic E-state index is 9.86. The van der Waals surface area contributed by atoms with Crippen molar-refractivity contribution in [2.75, 3.05) is 13.2 Å². The van der Waals surface area contributed by atoms with Crippen molar-refractivity contribution in [3.63, 3.8) is 0 Å². The lowest BCUT2D eigenvalue weighted by Crippen LogP contribution is -2.41. The van der Waals surface area contributed by atoms with Gasteiger partial charge >= 0.3 is 0 Å². The summed E-state index contributed by atoms with van der Waals surface area (Å²) < 4.78 is 10.8. The molecule has 5 nitrogen and oxygen atoms in total. The van der Waals surface area contributed by atoms with Gasteiger partial charge in [0.15, 0.2) is 6.10 Å². The van der Waals surface area contributed by atoms with E-state index >= 15 is 0 Å². The molecule has 0 spiro atoms. The molecule has 1 heterocycles. The van der Waals surface area contributed by atoms with Crippen molar-refractivity contribution in [3.8, 4) is 0 Å². The van der Waals surface area contributed by atoms with Crippen LogP contribution >= 0.6 is 0 Å². The second kappa shape index (κ2) is 18.2. The summed E-state index contributed by atoms with van der Waals surface area (Å²) in [5.41, 5.74) is 0. The molecule has 3 N–H and O–H groups in total. The fourth-order valence-electron chi connectivity index (χ4n) is 3.89. The van der Waals surface area contributed by atoms with Gasteiger partial charge < -0.3 is 24.8 Å². The fourth-order valence-corrected chi connectivity index (χ4v) is 3.89. The van der Waals surface area contributed by atoms with Crippen LogP contribution in [0, 0.1) is 0 Å². The van der Waals surface area contributed by atoms with Crippen molar-refractivity contribution in [2.45, 2.75) is 128 Å². The Balaban J connectivity index is 1.88. The predicted molar refractivity (Wildman–Crippen MR) is 118 cm³/mol. The number of allylic oxidation sites excluding steroid dienone is 1. The first-order chi connectivity index (χ1) is 14.2. The van der Waals surface area contributed by atoms with Crippen LogP contribution in [0.3, 0.4) is 0 Å². The third kappa shape index (κ3) is 12.6. The molecule has 0 aliphatic carbocycles. The summed E-state index contributed by atoms with van der Waals surface area (Å²) in [6, 6.07) is 0. The molecule has 5 heteroatoms. The van der Waals surface area contributed by atoms with Crippen LogP contribution in [0.2, 0.25) is 0 Å². The number of hydrogen-bond donors (Lipinski definition) is 3. The van der Waals surface area contributed by atoms with E-state index in [4.69, 9.17) is 14.6 Å². The Hall–Kier alpha value is -0.620. The van der Waals surface area contributed by atoms with Gasteiger partial charge in [-0.3, -0.25) is 0 Å². The Bertz CT molecular complexity index is 387. The maximum Gasteiger partial charge on any atom is 0.154 e. The van der Waals surface area contributed by atoms with Gasteiger partial charge in [0.2, 0.25) is 0 Å². The first kappa shape index (κ1) is 26.4. The van der Waals surface area contributed by atoms with Crippen LogP contribution in [-0.4, -0.2) is 52.9 Å². The molecule has 0 radical (unpaired) electrons. The number of rotatable bonds is 19. The van der Waals surface area contributed by atoms with E-state index in [1.807, 2.05) is 6.08 Å². The van der Waals surface area contributed by atoms with Crippen LogP contribution in [0.15, 0.2) is 12.3 Å². The Kier molecular flexibility index (Phi) is 16.6. The molecule has 1 saturated heterocycles. The average molecular weight is 415 g/mol. The lowest BCUT2D eigenvalue weighted by atomic mass is 10.0. The minimum Gasteiger partial charge on any atom is -0.493 e. The zero-order valence-electron chi connectivity index (χ0n) is 18.6. The molecule has 4 atom stereocenters. The second-order valence-electron chi connectivity index (χ2n) is 8.47. The van der Waals surface area contributed by atoms with E-state index in [1.165, 1.54) is 83.5 Å². The van der Waals surface area contributed by atoms with E-state index in [0.29, 0.717) is 0 Å². The van der Waals surface area contributed by atoms with Gasteiger partial charge in [-0.2, -0.15) is 0 Å². The third-order valence-electron chi connectivity index (χ3n) is 5.79. The number of aliphatic hydroxyl groups is 3. The zero-order chi connectivity index (χ0) is 21.2. The van der Waals surface area contributed by atoms with Gasteiger partial charge in [0.05, 0.1) is 19.5 Å². The molecule has 0 saturated carbocycles. The van der Waals surface area contributed by atoms with Crippen LogP contribution in [0.25, 0.3) is 0 Å². The van der Waals surface area contributed by atoms with E-state index in [-0.39, 0.29) is 6.61 Å². The highest BCUT2D eigenvalue weighted by Crippen LogP contribution is 2.21. The standard InChI is InChI=1S/C24H46O5/c1-2-3-4-5-6-7-8-9-10-11-12-13-14-15-16-17-18-28-24-22(27)20-29-23(24)21(26)19-25/h17-18,21-27H,2-16,19-20H2,1H3/b18-17+/t21-,22+,23-,24-/m0/s1. The molecule has 172 valence electrons. The molecule has 1 aliphatic heterocycles. The fraction of sp³-hybridized carbons (Fsp3) is 0.917. The summed E-state index contributed by atoms with van der Waals surface area (Å²) in [7, 11) is 0. The Morgan fingerprint density at radius 2 is 1.41 bits per heavy atom. The lowest BCUT2D eigenvalue weighted by molar-refractivity contribution is -0.0721. The molecule has 29 heavy (non-hydrogen) atoms. The largest absolute Gasteiger partial charge is 0.493 e. The highest BCUT2D eigenvalue weighted by Gasteiger charge is 2.41. The van der Waals surface area contributed by atoms with E-state index in [0.717, 1.165) is 12.8 Å². The van der Waals surface area contributed by atoms with E-state index in [9.17, 15) is 10.2 Å². The first-order valence-corrected chi connectivity index (χ1v) is 12.1. The van der Waals surface area contributed by atoms with Gasteiger partial charge in [-0.25, -0.2) is 0 Å². The highest BCUT2D eigenvalue weighted by molar-refractivity contribution is 4.91. The van der Waals surface area contributed by atoms with Gasteiger partial charge in [0.1, 0.15) is 18.3 Å². The minimum absolute atomic E-state index is 0.124. The van der Waals surface area contributed by atoms with E-state index < -0.39 is 31.0 Å². The number of aliphatic hydroxyl groups excluding tert-OH is 3. The number of ether oxygens (including phenoxy) is 2. The monoisotopic (exact) mass is 414 g/mol. The molecule has 1 aliphatic rings. The maximum absolute atomic E-state index is 9.86. The normalized spacial score (nSPS) is 23.1. The van der Waals surface area contributed by atoms with Crippen molar-refractivity contribution in [1.82, 2.24) is 0 Å². The van der Waals surface area contributed by atoms with Gasteiger partial charge in [0, 0.05) is 0 Å². The second-order valence-corrected chi connectivity index (χ2v) is 8.47. The van der Waals surface area contributed by atoms with Crippen molar-refractivity contribution in [3.05, 3.63) is 12.3 Å². The lowest BCUT2D eigenvalue weighted by Gasteiger charge is -2.22. The highest BCUT2D eigenvalue weighted by atomic mass is 16.6. The van der Waals surface area contributed by atoms with Crippen molar-refractivity contribution < 1.29 is 24.8 Å². The van der Waals surface area contributed by atoms with Crippen LogP contribution in [0.5, 0.6) is 0 Å². The van der Waals surface area contributed by atoms with Crippen LogP contribution in [0.1, 0.15) is 103 Å². The Morgan fingerprint density at radius 3 is 1.93 bits per heavy atom. The minimum atomic E-state index is -1.03. The topological polar surface area (TPSA) is 79.2 Å². The molecule has 0 amide bonds. The Labute approximate surface area is 178 Å². The van der Waals surface area contributed by atoms with Gasteiger partial charge in [-0.15, -0.1) is 0 Å². The molecule has 0 aromatic heterocycles. The Morgan fingerprint density at radius 1 is 0.897 bits per heavy atom. The first-order valence-electron chi connectivity index (χ1n) is 12.1. The summed E-state index contributed by atoms with van der Waals surface area (Å²) in [5.74, 6) is 0. The van der Waals surface area contributed by atoms with E-state index in [1.54, 1.807) is 6.26 Å². The molecular formula is C24H46O5. The van der Waals surface area contributed by atoms with Gasteiger partial charge in [0.25, 0.3) is 0 Å². The zero-order valence-corrected chi connectivity index (χ0v) is 18.6. The number of hydrogen-bond acceptors (Lipinski definition) is 5. The summed E-state index contributed by atoms with van der Waals surface area (Å²) in [6.45, 7) is 1.99. The summed E-state index contributed by atoms with van der Waals surface area (Å²) in [4.78, 5) is 0. The molecular weight excluding hydrogens is 368 g/mol. The van der Waals surface area contributed by atoms with Crippen LogP contribution in [0.4, 0.5) is 0 Å². The quantitative estimate of drug-likeness (QED) is 0.208. The molecule has 1 rings (SSSR count). The molecule has 1 fully saturated rings. The third-order valence-corrected chi connectivity index (χ3v) is 5.79. The summed E-state index contributed by atoms with van der Waals surface area (Å²) in [5, 5.41) is 28.6.